The standard InChI is InChI=1S/C16H27N3O/c1-13(12-19-7-5-4-6-8-19)10-18-15-9-14(2)17-11-16(15)20-3/h9,11,13H,4-8,10,12H2,1-3H3,(H,17,18). The summed E-state index contributed by atoms with van der Waals surface area (Å²) in [6, 6.07) is 2.05. The van der Waals surface area contributed by atoms with E-state index in [2.05, 4.69) is 22.1 Å². The van der Waals surface area contributed by atoms with Crippen LogP contribution in [0.25, 0.3) is 0 Å². The molecule has 1 unspecified atom stereocenters. The van der Waals surface area contributed by atoms with Gasteiger partial charge in [0.05, 0.1) is 19.0 Å². The maximum atomic E-state index is 5.35. The smallest absolute Gasteiger partial charge is 0.160 e. The number of aryl methyl sites for hydroxylation is 1. The molecule has 0 aromatic carbocycles. The van der Waals surface area contributed by atoms with Gasteiger partial charge in [-0.15, -0.1) is 0 Å². The first kappa shape index (κ1) is 15.1. The maximum absolute atomic E-state index is 5.35. The van der Waals surface area contributed by atoms with E-state index in [1.807, 2.05) is 13.0 Å². The third-order valence-electron chi connectivity index (χ3n) is 3.88. The third-order valence-corrected chi connectivity index (χ3v) is 3.88. The van der Waals surface area contributed by atoms with Crippen molar-refractivity contribution in [2.24, 2.45) is 5.92 Å². The molecule has 1 aliphatic rings. The maximum Gasteiger partial charge on any atom is 0.160 e. The number of likely N-dealkylation sites (tertiary alicyclic amines) is 1. The quantitative estimate of drug-likeness (QED) is 0.867. The number of aromatic nitrogens is 1. The van der Waals surface area contributed by atoms with Crippen LogP contribution in [0.4, 0.5) is 5.69 Å². The average molecular weight is 277 g/mol. The van der Waals surface area contributed by atoms with Gasteiger partial charge >= 0.3 is 0 Å². The van der Waals surface area contributed by atoms with Crippen LogP contribution < -0.4 is 10.1 Å². The lowest BCUT2D eigenvalue weighted by Crippen LogP contribution is -2.35. The Morgan fingerprint density at radius 2 is 2.10 bits per heavy atom. The van der Waals surface area contributed by atoms with Crippen LogP contribution in [0.1, 0.15) is 31.9 Å². The van der Waals surface area contributed by atoms with E-state index in [0.29, 0.717) is 5.92 Å². The minimum atomic E-state index is 0.631. The second-order valence-electron chi connectivity index (χ2n) is 5.87. The Hall–Kier alpha value is -1.29. The monoisotopic (exact) mass is 277 g/mol. The van der Waals surface area contributed by atoms with Crippen molar-refractivity contribution in [3.63, 3.8) is 0 Å². The van der Waals surface area contributed by atoms with Gasteiger partial charge in [0.2, 0.25) is 0 Å². The molecule has 0 bridgehead atoms. The summed E-state index contributed by atoms with van der Waals surface area (Å²) in [5.74, 6) is 1.45. The van der Waals surface area contributed by atoms with Crippen molar-refractivity contribution in [1.82, 2.24) is 9.88 Å². The molecule has 1 saturated heterocycles. The molecule has 1 aliphatic heterocycles. The predicted octanol–water partition coefficient (Wildman–Crippen LogP) is 2.93. The molecule has 2 heterocycles. The van der Waals surface area contributed by atoms with Crippen LogP contribution in [0.2, 0.25) is 0 Å². The molecule has 0 spiro atoms. The van der Waals surface area contributed by atoms with E-state index in [4.69, 9.17) is 4.74 Å². The Labute approximate surface area is 122 Å². The number of hydrogen-bond acceptors (Lipinski definition) is 4. The molecule has 1 aromatic heterocycles. The first-order valence-electron chi connectivity index (χ1n) is 7.66. The molecule has 112 valence electrons. The first-order chi connectivity index (χ1) is 9.69. The first-order valence-corrected chi connectivity index (χ1v) is 7.66. The number of nitrogens with one attached hydrogen (secondary N) is 1. The van der Waals surface area contributed by atoms with Gasteiger partial charge in [-0.25, -0.2) is 0 Å². The molecule has 0 radical (unpaired) electrons. The highest BCUT2D eigenvalue weighted by Crippen LogP contribution is 2.23. The van der Waals surface area contributed by atoms with Crippen molar-refractivity contribution in [1.29, 1.82) is 0 Å². The van der Waals surface area contributed by atoms with Gasteiger partial charge in [0.25, 0.3) is 0 Å². The topological polar surface area (TPSA) is 37.4 Å². The van der Waals surface area contributed by atoms with Crippen molar-refractivity contribution in [2.45, 2.75) is 33.1 Å². The molecule has 0 amide bonds. The molecule has 0 saturated carbocycles. The molecule has 1 aromatic rings. The Kier molecular flexibility index (Phi) is 5.65. The Morgan fingerprint density at radius 3 is 2.80 bits per heavy atom. The third kappa shape index (κ3) is 4.37. The fourth-order valence-corrected chi connectivity index (χ4v) is 2.78. The van der Waals surface area contributed by atoms with Crippen molar-refractivity contribution < 1.29 is 4.74 Å². The summed E-state index contributed by atoms with van der Waals surface area (Å²) < 4.78 is 5.35. The lowest BCUT2D eigenvalue weighted by molar-refractivity contribution is 0.204. The van der Waals surface area contributed by atoms with Crippen molar-refractivity contribution in [2.75, 3.05) is 38.6 Å². The molecule has 0 aliphatic carbocycles. The molecular formula is C16H27N3O. The summed E-state index contributed by atoms with van der Waals surface area (Å²) in [5.41, 5.74) is 2.06. The van der Waals surface area contributed by atoms with Gasteiger partial charge in [0.1, 0.15) is 0 Å². The van der Waals surface area contributed by atoms with E-state index in [9.17, 15) is 0 Å². The van der Waals surface area contributed by atoms with E-state index in [0.717, 1.165) is 23.7 Å². The lowest BCUT2D eigenvalue weighted by Gasteiger charge is -2.29. The summed E-state index contributed by atoms with van der Waals surface area (Å²) in [4.78, 5) is 6.85. The number of ether oxygens (including phenoxy) is 1. The zero-order valence-electron chi connectivity index (χ0n) is 13.0. The average Bonchev–Trinajstić information content (AvgIpc) is 2.46. The zero-order valence-corrected chi connectivity index (χ0v) is 13.0. The normalized spacial score (nSPS) is 17.8. The van der Waals surface area contributed by atoms with E-state index in [-0.39, 0.29) is 0 Å². The molecule has 4 heteroatoms. The van der Waals surface area contributed by atoms with Gasteiger partial charge in [-0.2, -0.15) is 0 Å². The van der Waals surface area contributed by atoms with Crippen molar-refractivity contribution in [3.05, 3.63) is 18.0 Å². The molecule has 1 atom stereocenters. The van der Waals surface area contributed by atoms with E-state index in [1.165, 1.54) is 38.9 Å². The van der Waals surface area contributed by atoms with Crippen LogP contribution in [0.15, 0.2) is 12.3 Å². The number of nitrogens with zero attached hydrogens (tertiary/aromatic N) is 2. The second kappa shape index (κ2) is 7.48. The van der Waals surface area contributed by atoms with Crippen LogP contribution in [-0.4, -0.2) is 43.2 Å². The van der Waals surface area contributed by atoms with Crippen molar-refractivity contribution in [3.8, 4) is 5.75 Å². The van der Waals surface area contributed by atoms with Gasteiger partial charge in [0, 0.05) is 18.8 Å². The summed E-state index contributed by atoms with van der Waals surface area (Å²) in [6.07, 6.45) is 5.90. The summed E-state index contributed by atoms with van der Waals surface area (Å²) in [5, 5.41) is 3.50. The Balaban J connectivity index is 1.83. The molecule has 4 nitrogen and oxygen atoms in total. The summed E-state index contributed by atoms with van der Waals surface area (Å²) >= 11 is 0. The number of rotatable bonds is 6. The molecular weight excluding hydrogens is 250 g/mol. The van der Waals surface area contributed by atoms with Crippen molar-refractivity contribution >= 4 is 5.69 Å². The Bertz CT molecular complexity index is 416. The van der Waals surface area contributed by atoms with Crippen LogP contribution in [0.5, 0.6) is 5.75 Å². The molecule has 1 N–H and O–H groups in total. The minimum Gasteiger partial charge on any atom is -0.493 e. The number of methoxy groups -OCH3 is 1. The fourth-order valence-electron chi connectivity index (χ4n) is 2.78. The predicted molar refractivity (Wildman–Crippen MR) is 83.5 cm³/mol. The number of piperidine rings is 1. The van der Waals surface area contributed by atoms with Crippen LogP contribution >= 0.6 is 0 Å². The lowest BCUT2D eigenvalue weighted by atomic mass is 10.1. The van der Waals surface area contributed by atoms with Crippen LogP contribution in [-0.2, 0) is 0 Å². The number of anilines is 1. The highest BCUT2D eigenvalue weighted by Gasteiger charge is 2.14. The van der Waals surface area contributed by atoms with Crippen LogP contribution in [0, 0.1) is 12.8 Å². The van der Waals surface area contributed by atoms with E-state index >= 15 is 0 Å². The molecule has 20 heavy (non-hydrogen) atoms. The van der Waals surface area contributed by atoms with E-state index in [1.54, 1.807) is 13.3 Å². The van der Waals surface area contributed by atoms with Crippen LogP contribution in [0.3, 0.4) is 0 Å². The second-order valence-corrected chi connectivity index (χ2v) is 5.87. The molecule has 2 rings (SSSR count). The van der Waals surface area contributed by atoms with Gasteiger partial charge in [-0.3, -0.25) is 4.98 Å². The van der Waals surface area contributed by atoms with Gasteiger partial charge in [-0.05, 0) is 44.8 Å². The minimum absolute atomic E-state index is 0.631. The van der Waals surface area contributed by atoms with E-state index < -0.39 is 0 Å². The highest BCUT2D eigenvalue weighted by molar-refractivity contribution is 5.55. The molecule has 1 fully saturated rings. The van der Waals surface area contributed by atoms with Gasteiger partial charge in [0.15, 0.2) is 5.75 Å². The zero-order chi connectivity index (χ0) is 14.4. The largest absolute Gasteiger partial charge is 0.493 e. The number of pyridine rings is 1. The fraction of sp³-hybridized carbons (Fsp3) is 0.688. The summed E-state index contributed by atoms with van der Waals surface area (Å²) in [7, 11) is 1.69. The number of hydrogen-bond donors (Lipinski definition) is 1. The van der Waals surface area contributed by atoms with Gasteiger partial charge < -0.3 is 15.0 Å². The summed E-state index contributed by atoms with van der Waals surface area (Å²) in [6.45, 7) is 8.99. The van der Waals surface area contributed by atoms with Gasteiger partial charge in [-0.1, -0.05) is 13.3 Å². The Morgan fingerprint density at radius 1 is 1.35 bits per heavy atom. The highest BCUT2D eigenvalue weighted by atomic mass is 16.5. The SMILES string of the molecule is COc1cnc(C)cc1NCC(C)CN1CCCCC1.